The van der Waals surface area contributed by atoms with E-state index in [1.54, 1.807) is 18.4 Å². The topological polar surface area (TPSA) is 38.3 Å². The Labute approximate surface area is 127 Å². The highest BCUT2D eigenvalue weighted by Crippen LogP contribution is 2.20. The summed E-state index contributed by atoms with van der Waals surface area (Å²) in [4.78, 5) is 14.1. The molecule has 2 aromatic rings. The summed E-state index contributed by atoms with van der Waals surface area (Å²) in [6.07, 6.45) is 0.899. The molecule has 0 fully saturated rings. The van der Waals surface area contributed by atoms with Crippen LogP contribution < -0.4 is 10.1 Å². The van der Waals surface area contributed by atoms with E-state index >= 15 is 0 Å². The lowest BCUT2D eigenvalue weighted by atomic mass is 10.3. The van der Waals surface area contributed by atoms with Crippen LogP contribution in [0.25, 0.3) is 0 Å². The smallest absolute Gasteiger partial charge is 0.230 e. The fourth-order valence-corrected chi connectivity index (χ4v) is 3.09. The molecule has 20 heavy (non-hydrogen) atoms. The standard InChI is InChI=1S/C15H17NO2S2/c1-18-12-4-6-14(7-5-12)20-11-15(17)16-9-8-13-3-2-10-19-13/h2-7,10H,8-9,11H2,1H3,(H,16,17). The molecule has 0 aliphatic rings. The molecule has 0 radical (unpaired) electrons. The Morgan fingerprint density at radius 2 is 2.10 bits per heavy atom. The predicted molar refractivity (Wildman–Crippen MR) is 84.8 cm³/mol. The van der Waals surface area contributed by atoms with E-state index in [2.05, 4.69) is 16.8 Å². The molecule has 0 aliphatic heterocycles. The van der Waals surface area contributed by atoms with E-state index < -0.39 is 0 Å². The number of benzene rings is 1. The van der Waals surface area contributed by atoms with Crippen LogP contribution in [0.4, 0.5) is 0 Å². The number of methoxy groups -OCH3 is 1. The third-order valence-corrected chi connectivity index (χ3v) is 4.65. The van der Waals surface area contributed by atoms with Gasteiger partial charge >= 0.3 is 0 Å². The lowest BCUT2D eigenvalue weighted by molar-refractivity contribution is -0.118. The summed E-state index contributed by atoms with van der Waals surface area (Å²) in [5.41, 5.74) is 0. The van der Waals surface area contributed by atoms with Crippen LogP contribution in [0.15, 0.2) is 46.7 Å². The zero-order valence-electron chi connectivity index (χ0n) is 11.3. The minimum absolute atomic E-state index is 0.0716. The summed E-state index contributed by atoms with van der Waals surface area (Å²) in [6, 6.07) is 11.8. The fourth-order valence-electron chi connectivity index (χ4n) is 1.65. The molecule has 0 saturated carbocycles. The van der Waals surface area contributed by atoms with Crippen LogP contribution in [-0.2, 0) is 11.2 Å². The number of ether oxygens (including phenoxy) is 1. The van der Waals surface area contributed by atoms with Gasteiger partial charge in [0.2, 0.25) is 5.91 Å². The second-order valence-electron chi connectivity index (χ2n) is 4.14. The number of carbonyl (C=O) groups excluding carboxylic acids is 1. The number of rotatable bonds is 7. The SMILES string of the molecule is COc1ccc(SCC(=O)NCCc2cccs2)cc1. The van der Waals surface area contributed by atoms with Crippen molar-refractivity contribution < 1.29 is 9.53 Å². The Hall–Kier alpha value is -1.46. The van der Waals surface area contributed by atoms with Crippen molar-refractivity contribution in [3.05, 3.63) is 46.7 Å². The van der Waals surface area contributed by atoms with Crippen LogP contribution in [0.1, 0.15) is 4.88 Å². The molecule has 1 aromatic carbocycles. The van der Waals surface area contributed by atoms with Gasteiger partial charge in [-0.15, -0.1) is 23.1 Å². The maximum Gasteiger partial charge on any atom is 0.230 e. The number of thiophene rings is 1. The minimum Gasteiger partial charge on any atom is -0.497 e. The molecule has 5 heteroatoms. The van der Waals surface area contributed by atoms with Crippen LogP contribution in [0.3, 0.4) is 0 Å². The zero-order valence-corrected chi connectivity index (χ0v) is 12.9. The van der Waals surface area contributed by atoms with Crippen molar-refractivity contribution in [2.75, 3.05) is 19.4 Å². The second-order valence-corrected chi connectivity index (χ2v) is 6.22. The van der Waals surface area contributed by atoms with E-state index in [-0.39, 0.29) is 5.91 Å². The molecular formula is C15H17NO2S2. The van der Waals surface area contributed by atoms with Gasteiger partial charge in [0.1, 0.15) is 5.75 Å². The third-order valence-electron chi connectivity index (χ3n) is 2.70. The fraction of sp³-hybridized carbons (Fsp3) is 0.267. The molecule has 106 valence electrons. The normalized spacial score (nSPS) is 10.2. The Morgan fingerprint density at radius 3 is 2.75 bits per heavy atom. The van der Waals surface area contributed by atoms with Crippen LogP contribution in [0.5, 0.6) is 5.75 Å². The Balaban J connectivity index is 1.66. The highest BCUT2D eigenvalue weighted by atomic mass is 32.2. The summed E-state index contributed by atoms with van der Waals surface area (Å²) >= 11 is 3.25. The van der Waals surface area contributed by atoms with Gasteiger partial charge in [-0.1, -0.05) is 6.07 Å². The lowest BCUT2D eigenvalue weighted by Crippen LogP contribution is -2.27. The van der Waals surface area contributed by atoms with Crippen LogP contribution in [0, 0.1) is 0 Å². The maximum absolute atomic E-state index is 11.7. The van der Waals surface area contributed by atoms with Gasteiger partial charge in [0.25, 0.3) is 0 Å². The first-order valence-corrected chi connectivity index (χ1v) is 8.20. The van der Waals surface area contributed by atoms with E-state index in [4.69, 9.17) is 4.74 Å². The molecule has 0 unspecified atom stereocenters. The number of thioether (sulfide) groups is 1. The van der Waals surface area contributed by atoms with Crippen molar-refractivity contribution in [2.45, 2.75) is 11.3 Å². The molecule has 0 saturated heterocycles. The summed E-state index contributed by atoms with van der Waals surface area (Å²) in [5.74, 6) is 1.34. The van der Waals surface area contributed by atoms with Crippen LogP contribution in [0.2, 0.25) is 0 Å². The average Bonchev–Trinajstić information content (AvgIpc) is 2.99. The van der Waals surface area contributed by atoms with Crippen LogP contribution >= 0.6 is 23.1 Å². The highest BCUT2D eigenvalue weighted by Gasteiger charge is 2.03. The molecular weight excluding hydrogens is 290 g/mol. The second kappa shape index (κ2) is 7.97. The third kappa shape index (κ3) is 4.90. The van der Waals surface area contributed by atoms with Crippen molar-refractivity contribution in [3.63, 3.8) is 0 Å². The van der Waals surface area contributed by atoms with Gasteiger partial charge < -0.3 is 10.1 Å². The van der Waals surface area contributed by atoms with Crippen molar-refractivity contribution in [2.24, 2.45) is 0 Å². The van der Waals surface area contributed by atoms with E-state index in [1.807, 2.05) is 30.3 Å². The van der Waals surface area contributed by atoms with Gasteiger partial charge in [0.15, 0.2) is 0 Å². The van der Waals surface area contributed by atoms with E-state index in [9.17, 15) is 4.79 Å². The predicted octanol–water partition coefficient (Wildman–Crippen LogP) is 3.21. The Bertz CT molecular complexity index is 523. The largest absolute Gasteiger partial charge is 0.497 e. The van der Waals surface area contributed by atoms with Gasteiger partial charge in [-0.2, -0.15) is 0 Å². The van der Waals surface area contributed by atoms with Crippen molar-refractivity contribution in [1.82, 2.24) is 5.32 Å². The Kier molecular flexibility index (Phi) is 5.95. The molecule has 0 spiro atoms. The van der Waals surface area contributed by atoms with Crippen molar-refractivity contribution >= 4 is 29.0 Å². The number of hydrogen-bond donors (Lipinski definition) is 1. The minimum atomic E-state index is 0.0716. The zero-order chi connectivity index (χ0) is 14.2. The summed E-state index contributed by atoms with van der Waals surface area (Å²) < 4.78 is 5.10. The van der Waals surface area contributed by atoms with Gasteiger partial charge in [-0.3, -0.25) is 4.79 Å². The van der Waals surface area contributed by atoms with Gasteiger partial charge in [0.05, 0.1) is 12.9 Å². The summed E-state index contributed by atoms with van der Waals surface area (Å²) in [6.45, 7) is 0.697. The summed E-state index contributed by atoms with van der Waals surface area (Å²) in [7, 11) is 1.64. The van der Waals surface area contributed by atoms with Crippen LogP contribution in [-0.4, -0.2) is 25.3 Å². The van der Waals surface area contributed by atoms with Gasteiger partial charge in [0, 0.05) is 16.3 Å². The molecule has 1 amide bonds. The molecule has 1 N–H and O–H groups in total. The first kappa shape index (κ1) is 14.9. The van der Waals surface area contributed by atoms with E-state index in [1.165, 1.54) is 16.6 Å². The number of nitrogens with one attached hydrogen (secondary N) is 1. The maximum atomic E-state index is 11.7. The first-order valence-electron chi connectivity index (χ1n) is 6.34. The monoisotopic (exact) mass is 307 g/mol. The number of amides is 1. The molecule has 0 aliphatic carbocycles. The first-order chi connectivity index (χ1) is 9.78. The van der Waals surface area contributed by atoms with Gasteiger partial charge in [-0.25, -0.2) is 0 Å². The number of carbonyl (C=O) groups is 1. The quantitative estimate of drug-likeness (QED) is 0.798. The molecule has 0 atom stereocenters. The summed E-state index contributed by atoms with van der Waals surface area (Å²) in [5, 5.41) is 4.99. The Morgan fingerprint density at radius 1 is 1.30 bits per heavy atom. The van der Waals surface area contributed by atoms with Crippen molar-refractivity contribution in [3.8, 4) is 5.75 Å². The average molecular weight is 307 g/mol. The molecule has 1 aromatic heterocycles. The van der Waals surface area contributed by atoms with E-state index in [0.29, 0.717) is 12.3 Å². The highest BCUT2D eigenvalue weighted by molar-refractivity contribution is 8.00. The molecule has 1 heterocycles. The lowest BCUT2D eigenvalue weighted by Gasteiger charge is -2.05. The molecule has 0 bridgehead atoms. The molecule has 2 rings (SSSR count). The number of hydrogen-bond acceptors (Lipinski definition) is 4. The molecule has 3 nitrogen and oxygen atoms in total. The van der Waals surface area contributed by atoms with E-state index in [0.717, 1.165) is 17.1 Å². The van der Waals surface area contributed by atoms with Gasteiger partial charge in [-0.05, 0) is 42.1 Å². The van der Waals surface area contributed by atoms with Crippen molar-refractivity contribution in [1.29, 1.82) is 0 Å².